The van der Waals surface area contributed by atoms with Gasteiger partial charge in [0.1, 0.15) is 6.10 Å². The molecule has 1 fully saturated rings. The van der Waals surface area contributed by atoms with E-state index >= 15 is 0 Å². The quantitative estimate of drug-likeness (QED) is 0.697. The molecule has 2 aliphatic rings. The Morgan fingerprint density at radius 2 is 2.12 bits per heavy atom. The first-order chi connectivity index (χ1) is 7.53. The Bertz CT molecular complexity index is 282. The van der Waals surface area contributed by atoms with E-state index in [4.69, 9.17) is 9.73 Å². The second-order valence-corrected chi connectivity index (χ2v) is 6.09. The molecule has 0 bridgehead atoms. The maximum absolute atomic E-state index is 6.09. The first-order valence-electron chi connectivity index (χ1n) is 6.78. The highest BCUT2D eigenvalue weighted by Crippen LogP contribution is 2.42. The van der Waals surface area contributed by atoms with E-state index in [-0.39, 0.29) is 5.54 Å². The molecule has 92 valence electrons. The minimum Gasteiger partial charge on any atom is -0.477 e. The third kappa shape index (κ3) is 2.26. The molecule has 0 radical (unpaired) electrons. The Balaban J connectivity index is 2.16. The zero-order chi connectivity index (χ0) is 11.8. The van der Waals surface area contributed by atoms with Crippen LogP contribution in [-0.2, 0) is 4.74 Å². The first-order valence-corrected chi connectivity index (χ1v) is 6.78. The van der Waals surface area contributed by atoms with Gasteiger partial charge in [-0.05, 0) is 39.0 Å². The van der Waals surface area contributed by atoms with Gasteiger partial charge in [-0.1, -0.05) is 20.3 Å². The van der Waals surface area contributed by atoms with Crippen molar-refractivity contribution in [3.8, 4) is 0 Å². The number of aliphatic imine (C=N–C) groups is 1. The molecule has 1 aliphatic heterocycles. The van der Waals surface area contributed by atoms with Crippen molar-refractivity contribution in [2.24, 2.45) is 16.8 Å². The third-order valence-corrected chi connectivity index (χ3v) is 4.13. The van der Waals surface area contributed by atoms with E-state index in [1.807, 2.05) is 0 Å². The van der Waals surface area contributed by atoms with Crippen molar-refractivity contribution in [1.29, 1.82) is 0 Å². The van der Waals surface area contributed by atoms with Crippen molar-refractivity contribution in [3.05, 3.63) is 0 Å². The van der Waals surface area contributed by atoms with Crippen LogP contribution in [0.15, 0.2) is 4.99 Å². The summed E-state index contributed by atoms with van der Waals surface area (Å²) in [5, 5.41) is 0. The fourth-order valence-corrected chi connectivity index (χ4v) is 3.20. The largest absolute Gasteiger partial charge is 0.477 e. The predicted octanol–water partition coefficient (Wildman–Crippen LogP) is 3.80. The number of nitrogens with zero attached hydrogens (tertiary/aromatic N) is 1. The molecule has 1 heterocycles. The van der Waals surface area contributed by atoms with Crippen LogP contribution in [0.2, 0.25) is 0 Å². The normalized spacial score (nSPS) is 37.2. The number of hydrogen-bond donors (Lipinski definition) is 0. The third-order valence-electron chi connectivity index (χ3n) is 4.13. The van der Waals surface area contributed by atoms with Gasteiger partial charge in [-0.15, -0.1) is 0 Å². The average Bonchev–Trinajstić information content (AvgIpc) is 2.15. The summed E-state index contributed by atoms with van der Waals surface area (Å²) in [5.41, 5.74) is 0.0908. The van der Waals surface area contributed by atoms with E-state index in [0.29, 0.717) is 12.0 Å². The lowest BCUT2D eigenvalue weighted by molar-refractivity contribution is 0.00579. The molecular weight excluding hydrogens is 198 g/mol. The van der Waals surface area contributed by atoms with Gasteiger partial charge in [0, 0.05) is 12.3 Å². The topological polar surface area (TPSA) is 21.6 Å². The van der Waals surface area contributed by atoms with Crippen LogP contribution in [0.1, 0.15) is 59.8 Å². The van der Waals surface area contributed by atoms with Crippen LogP contribution in [0.3, 0.4) is 0 Å². The van der Waals surface area contributed by atoms with Crippen molar-refractivity contribution >= 4 is 5.90 Å². The van der Waals surface area contributed by atoms with Crippen molar-refractivity contribution < 1.29 is 4.74 Å². The molecule has 1 aliphatic carbocycles. The Morgan fingerprint density at radius 3 is 2.81 bits per heavy atom. The maximum atomic E-state index is 6.09. The lowest BCUT2D eigenvalue weighted by Gasteiger charge is -2.45. The minimum atomic E-state index is 0.0908. The summed E-state index contributed by atoms with van der Waals surface area (Å²) >= 11 is 0. The fraction of sp³-hybridized carbons (Fsp3) is 0.929. The molecular formula is C14H25NO. The molecule has 0 spiro atoms. The van der Waals surface area contributed by atoms with Crippen molar-refractivity contribution in [1.82, 2.24) is 0 Å². The summed E-state index contributed by atoms with van der Waals surface area (Å²) < 4.78 is 6.09. The SMILES string of the molecule is CCCC1=NC(C)(C)[C@@H]2CC[C@@H](C)C[C@H]2O1. The monoisotopic (exact) mass is 223 g/mol. The molecule has 0 N–H and O–H groups in total. The summed E-state index contributed by atoms with van der Waals surface area (Å²) in [7, 11) is 0. The molecule has 0 unspecified atom stereocenters. The van der Waals surface area contributed by atoms with E-state index in [2.05, 4.69) is 27.7 Å². The zero-order valence-corrected chi connectivity index (χ0v) is 11.1. The number of ether oxygens (including phenoxy) is 1. The van der Waals surface area contributed by atoms with Crippen LogP contribution in [0, 0.1) is 11.8 Å². The number of hydrogen-bond acceptors (Lipinski definition) is 2. The van der Waals surface area contributed by atoms with Crippen LogP contribution in [0.25, 0.3) is 0 Å². The smallest absolute Gasteiger partial charge is 0.184 e. The van der Waals surface area contributed by atoms with E-state index < -0.39 is 0 Å². The maximum Gasteiger partial charge on any atom is 0.184 e. The lowest BCUT2D eigenvalue weighted by atomic mass is 9.71. The summed E-state index contributed by atoms with van der Waals surface area (Å²) in [4.78, 5) is 4.81. The van der Waals surface area contributed by atoms with Gasteiger partial charge in [0.2, 0.25) is 0 Å². The highest BCUT2D eigenvalue weighted by Gasteiger charge is 2.43. The molecule has 2 nitrogen and oxygen atoms in total. The van der Waals surface area contributed by atoms with Crippen LogP contribution in [-0.4, -0.2) is 17.5 Å². The van der Waals surface area contributed by atoms with E-state index in [1.54, 1.807) is 0 Å². The van der Waals surface area contributed by atoms with Gasteiger partial charge >= 0.3 is 0 Å². The van der Waals surface area contributed by atoms with Crippen molar-refractivity contribution in [3.63, 3.8) is 0 Å². The van der Waals surface area contributed by atoms with Crippen LogP contribution < -0.4 is 0 Å². The number of rotatable bonds is 2. The molecule has 1 saturated carbocycles. The van der Waals surface area contributed by atoms with Gasteiger partial charge in [0.05, 0.1) is 5.54 Å². The number of fused-ring (bicyclic) bond motifs is 1. The van der Waals surface area contributed by atoms with Crippen LogP contribution in [0.4, 0.5) is 0 Å². The highest BCUT2D eigenvalue weighted by atomic mass is 16.5. The van der Waals surface area contributed by atoms with Crippen molar-refractivity contribution in [2.75, 3.05) is 0 Å². The average molecular weight is 223 g/mol. The van der Waals surface area contributed by atoms with Gasteiger partial charge in [-0.3, -0.25) is 0 Å². The summed E-state index contributed by atoms with van der Waals surface area (Å²) in [6.07, 6.45) is 6.39. The molecule has 0 aromatic carbocycles. The molecule has 0 aromatic rings. The van der Waals surface area contributed by atoms with Gasteiger partial charge in [0.25, 0.3) is 0 Å². The van der Waals surface area contributed by atoms with Gasteiger partial charge in [-0.2, -0.15) is 0 Å². The van der Waals surface area contributed by atoms with Gasteiger partial charge < -0.3 is 4.74 Å². The Morgan fingerprint density at radius 1 is 1.38 bits per heavy atom. The van der Waals surface area contributed by atoms with Crippen LogP contribution >= 0.6 is 0 Å². The van der Waals surface area contributed by atoms with E-state index in [9.17, 15) is 0 Å². The first kappa shape index (κ1) is 11.9. The van der Waals surface area contributed by atoms with E-state index in [1.165, 1.54) is 19.3 Å². The Kier molecular flexibility index (Phi) is 3.27. The molecule has 0 aromatic heterocycles. The predicted molar refractivity (Wildman–Crippen MR) is 67.8 cm³/mol. The molecule has 2 heteroatoms. The zero-order valence-electron chi connectivity index (χ0n) is 11.1. The molecule has 2 rings (SSSR count). The Hall–Kier alpha value is -0.530. The van der Waals surface area contributed by atoms with Gasteiger partial charge in [-0.25, -0.2) is 4.99 Å². The summed E-state index contributed by atoms with van der Waals surface area (Å²) in [5.74, 6) is 2.45. The fourth-order valence-electron chi connectivity index (χ4n) is 3.20. The van der Waals surface area contributed by atoms with Gasteiger partial charge in [0.15, 0.2) is 5.90 Å². The highest BCUT2D eigenvalue weighted by molar-refractivity contribution is 5.77. The summed E-state index contributed by atoms with van der Waals surface area (Å²) in [6.45, 7) is 9.09. The minimum absolute atomic E-state index is 0.0908. The second-order valence-electron chi connectivity index (χ2n) is 6.09. The van der Waals surface area contributed by atoms with Crippen molar-refractivity contribution in [2.45, 2.75) is 71.4 Å². The lowest BCUT2D eigenvalue weighted by Crippen LogP contribution is -2.48. The van der Waals surface area contributed by atoms with E-state index in [0.717, 1.165) is 24.7 Å². The Labute approximate surface area is 99.5 Å². The molecule has 3 atom stereocenters. The molecule has 0 amide bonds. The summed E-state index contributed by atoms with van der Waals surface area (Å²) in [6, 6.07) is 0. The standard InChI is InChI=1S/C14H25NO/c1-5-6-13-15-14(3,4)11-8-7-10(2)9-12(11)16-13/h10-12H,5-9H2,1-4H3/t10-,11-,12-/m1/s1. The van der Waals surface area contributed by atoms with Crippen LogP contribution in [0.5, 0.6) is 0 Å². The second kappa shape index (κ2) is 4.38. The molecule has 16 heavy (non-hydrogen) atoms. The molecule has 0 saturated heterocycles.